The van der Waals surface area contributed by atoms with Gasteiger partial charge < -0.3 is 9.47 Å². The number of halogens is 1. The number of rotatable bonds is 2. The molecule has 1 aliphatic rings. The second-order valence-electron chi connectivity index (χ2n) is 4.47. The Hall–Kier alpha value is -2.55. The zero-order valence-corrected chi connectivity index (χ0v) is 10.6. The summed E-state index contributed by atoms with van der Waals surface area (Å²) in [5.41, 5.74) is -0.109. The van der Waals surface area contributed by atoms with E-state index in [2.05, 4.69) is 5.10 Å². The maximum Gasteiger partial charge on any atom is 0.181 e. The summed E-state index contributed by atoms with van der Waals surface area (Å²) >= 11 is 0. The summed E-state index contributed by atoms with van der Waals surface area (Å²) in [7, 11) is 0. The van der Waals surface area contributed by atoms with Crippen LogP contribution in [-0.2, 0) is 6.54 Å². The van der Waals surface area contributed by atoms with Crippen LogP contribution < -0.4 is 9.47 Å². The first-order valence-electron chi connectivity index (χ1n) is 6.27. The zero-order chi connectivity index (χ0) is 13.9. The lowest BCUT2D eigenvalue weighted by atomic mass is 10.2. The van der Waals surface area contributed by atoms with Crippen molar-refractivity contribution < 1.29 is 13.9 Å². The highest BCUT2D eigenvalue weighted by Gasteiger charge is 2.23. The lowest BCUT2D eigenvalue weighted by Gasteiger charge is -2.16. The van der Waals surface area contributed by atoms with Crippen LogP contribution in [0.2, 0.25) is 0 Å². The van der Waals surface area contributed by atoms with Crippen molar-refractivity contribution in [3.8, 4) is 17.6 Å². The van der Waals surface area contributed by atoms with Crippen LogP contribution in [0.5, 0.6) is 11.5 Å². The van der Waals surface area contributed by atoms with E-state index in [1.54, 1.807) is 10.9 Å². The minimum Gasteiger partial charge on any atom is -0.488 e. The summed E-state index contributed by atoms with van der Waals surface area (Å²) in [4.78, 5) is 0. The van der Waals surface area contributed by atoms with E-state index < -0.39 is 5.82 Å². The molecule has 6 heteroatoms. The lowest BCUT2D eigenvalue weighted by Crippen LogP contribution is -2.23. The van der Waals surface area contributed by atoms with Crippen molar-refractivity contribution in [1.29, 1.82) is 5.26 Å². The molecule has 0 saturated heterocycles. The number of ether oxygens (including phenoxy) is 2. The highest BCUT2D eigenvalue weighted by molar-refractivity contribution is 5.53. The van der Waals surface area contributed by atoms with Crippen molar-refractivity contribution in [2.24, 2.45) is 0 Å². The molecule has 5 nitrogen and oxygen atoms in total. The lowest BCUT2D eigenvalue weighted by molar-refractivity contribution is 0.166. The van der Waals surface area contributed by atoms with Crippen LogP contribution in [-0.4, -0.2) is 22.5 Å². The first-order valence-corrected chi connectivity index (χ1v) is 6.27. The third kappa shape index (κ3) is 2.30. The SMILES string of the molecule is N#Cc1c(F)ccc2c1OCCC(Cn1cccn1)O2. The van der Waals surface area contributed by atoms with E-state index in [0.717, 1.165) is 0 Å². The Balaban J connectivity index is 1.87. The Bertz CT molecular complexity index is 649. The molecule has 0 saturated carbocycles. The molecule has 0 fully saturated rings. The largest absolute Gasteiger partial charge is 0.488 e. The predicted octanol–water partition coefficient (Wildman–Crippen LogP) is 2.12. The Labute approximate surface area is 115 Å². The van der Waals surface area contributed by atoms with Crippen LogP contribution in [0.1, 0.15) is 12.0 Å². The standard InChI is InChI=1S/C14H12FN3O2/c15-12-2-3-13-14(11(12)8-16)19-7-4-10(20-13)9-18-6-1-5-17-18/h1-3,5-6,10H,4,7,9H2. The summed E-state index contributed by atoms with van der Waals surface area (Å²) in [5, 5.41) is 13.1. The van der Waals surface area contributed by atoms with Crippen molar-refractivity contribution in [2.75, 3.05) is 6.61 Å². The zero-order valence-electron chi connectivity index (χ0n) is 10.6. The van der Waals surface area contributed by atoms with Crippen molar-refractivity contribution in [3.63, 3.8) is 0 Å². The number of hydrogen-bond acceptors (Lipinski definition) is 4. The molecule has 102 valence electrons. The number of fused-ring (bicyclic) bond motifs is 1. The average Bonchev–Trinajstić information content (AvgIpc) is 2.86. The van der Waals surface area contributed by atoms with Crippen LogP contribution >= 0.6 is 0 Å². The fourth-order valence-corrected chi connectivity index (χ4v) is 2.16. The van der Waals surface area contributed by atoms with Crippen LogP contribution in [0.15, 0.2) is 30.6 Å². The molecule has 1 unspecified atom stereocenters. The van der Waals surface area contributed by atoms with E-state index in [-0.39, 0.29) is 17.4 Å². The van der Waals surface area contributed by atoms with Gasteiger partial charge in [-0.05, 0) is 18.2 Å². The fraction of sp³-hybridized carbons (Fsp3) is 0.286. The normalized spacial score (nSPS) is 17.3. The van der Waals surface area contributed by atoms with Crippen molar-refractivity contribution in [2.45, 2.75) is 19.1 Å². The number of hydrogen-bond donors (Lipinski definition) is 0. The summed E-state index contributed by atoms with van der Waals surface area (Å²) in [6, 6.07) is 6.36. The first kappa shape index (κ1) is 12.5. The molecule has 0 amide bonds. The van der Waals surface area contributed by atoms with Gasteiger partial charge in [0.25, 0.3) is 0 Å². The summed E-state index contributed by atoms with van der Waals surface area (Å²) in [5.74, 6) is -0.00607. The second-order valence-corrected chi connectivity index (χ2v) is 4.47. The van der Waals surface area contributed by atoms with Crippen LogP contribution in [0.3, 0.4) is 0 Å². The molecule has 0 bridgehead atoms. The van der Waals surface area contributed by atoms with Crippen LogP contribution in [0.25, 0.3) is 0 Å². The van der Waals surface area contributed by atoms with E-state index in [1.807, 2.05) is 18.3 Å². The Morgan fingerprint density at radius 1 is 1.50 bits per heavy atom. The third-order valence-electron chi connectivity index (χ3n) is 3.11. The molecule has 1 aromatic carbocycles. The van der Waals surface area contributed by atoms with Crippen molar-refractivity contribution in [1.82, 2.24) is 9.78 Å². The van der Waals surface area contributed by atoms with Gasteiger partial charge in [-0.15, -0.1) is 0 Å². The van der Waals surface area contributed by atoms with E-state index >= 15 is 0 Å². The Morgan fingerprint density at radius 3 is 3.15 bits per heavy atom. The highest BCUT2D eigenvalue weighted by atomic mass is 19.1. The van der Waals surface area contributed by atoms with Gasteiger partial charge in [-0.1, -0.05) is 0 Å². The highest BCUT2D eigenvalue weighted by Crippen LogP contribution is 2.35. The van der Waals surface area contributed by atoms with Gasteiger partial charge in [-0.3, -0.25) is 4.68 Å². The fourth-order valence-electron chi connectivity index (χ4n) is 2.16. The van der Waals surface area contributed by atoms with E-state index in [4.69, 9.17) is 14.7 Å². The van der Waals surface area contributed by atoms with Gasteiger partial charge in [0.05, 0.1) is 13.2 Å². The number of nitrogens with zero attached hydrogens (tertiary/aromatic N) is 3. The predicted molar refractivity (Wildman–Crippen MR) is 67.9 cm³/mol. The van der Waals surface area contributed by atoms with Gasteiger partial charge >= 0.3 is 0 Å². The molecule has 3 rings (SSSR count). The van der Waals surface area contributed by atoms with Crippen molar-refractivity contribution in [3.05, 3.63) is 42.0 Å². The number of nitriles is 1. The molecule has 2 heterocycles. The van der Waals surface area contributed by atoms with Crippen LogP contribution in [0.4, 0.5) is 4.39 Å². The van der Waals surface area contributed by atoms with E-state index in [1.165, 1.54) is 12.1 Å². The van der Waals surface area contributed by atoms with Gasteiger partial charge in [0.2, 0.25) is 0 Å². The smallest absolute Gasteiger partial charge is 0.181 e. The molecule has 0 radical (unpaired) electrons. The average molecular weight is 273 g/mol. The topological polar surface area (TPSA) is 60.1 Å². The monoisotopic (exact) mass is 273 g/mol. The van der Waals surface area contributed by atoms with Crippen LogP contribution in [0, 0.1) is 17.1 Å². The minimum atomic E-state index is -0.597. The second kappa shape index (κ2) is 5.21. The maximum absolute atomic E-state index is 13.5. The molecular formula is C14H12FN3O2. The first-order chi connectivity index (χ1) is 9.78. The van der Waals surface area contributed by atoms with Gasteiger partial charge in [0.1, 0.15) is 23.6 Å². The molecule has 2 aromatic rings. The van der Waals surface area contributed by atoms with Gasteiger partial charge in [-0.25, -0.2) is 4.39 Å². The third-order valence-corrected chi connectivity index (χ3v) is 3.11. The van der Waals surface area contributed by atoms with E-state index in [0.29, 0.717) is 25.3 Å². The van der Waals surface area contributed by atoms with Gasteiger partial charge in [0.15, 0.2) is 11.5 Å². The molecule has 0 spiro atoms. The quantitative estimate of drug-likeness (QED) is 0.841. The maximum atomic E-state index is 13.5. The molecule has 1 aromatic heterocycles. The Kier molecular flexibility index (Phi) is 3.25. The van der Waals surface area contributed by atoms with Gasteiger partial charge in [-0.2, -0.15) is 10.4 Å². The van der Waals surface area contributed by atoms with Gasteiger partial charge in [0, 0.05) is 18.8 Å². The molecule has 20 heavy (non-hydrogen) atoms. The molecule has 0 aliphatic carbocycles. The molecule has 1 aliphatic heterocycles. The Morgan fingerprint density at radius 2 is 2.40 bits per heavy atom. The van der Waals surface area contributed by atoms with E-state index in [9.17, 15) is 4.39 Å². The molecular weight excluding hydrogens is 261 g/mol. The minimum absolute atomic E-state index is 0.109. The van der Waals surface area contributed by atoms with Crippen molar-refractivity contribution >= 4 is 0 Å². The summed E-state index contributed by atoms with van der Waals surface area (Å²) in [6.45, 7) is 0.951. The molecule has 0 N–H and O–H groups in total. The number of aromatic nitrogens is 2. The summed E-state index contributed by atoms with van der Waals surface area (Å²) in [6.07, 6.45) is 4.06. The number of benzene rings is 1. The molecule has 1 atom stereocenters. The summed E-state index contributed by atoms with van der Waals surface area (Å²) < 4.78 is 26.6.